The van der Waals surface area contributed by atoms with Crippen molar-refractivity contribution in [3.05, 3.63) is 71.5 Å². The van der Waals surface area contributed by atoms with Crippen LogP contribution in [0, 0.1) is 5.82 Å². The van der Waals surface area contributed by atoms with Gasteiger partial charge >= 0.3 is 0 Å². The zero-order valence-corrected chi connectivity index (χ0v) is 20.7. The fraction of sp³-hybridized carbons (Fsp3) is 0.217. The molecule has 1 aliphatic rings. The Morgan fingerprint density at radius 3 is 2.50 bits per heavy atom. The van der Waals surface area contributed by atoms with Crippen LogP contribution in [0.3, 0.4) is 0 Å². The van der Waals surface area contributed by atoms with Crippen molar-refractivity contribution in [3.63, 3.8) is 0 Å². The lowest BCUT2D eigenvalue weighted by molar-refractivity contribution is 0.102. The number of benzene rings is 1. The molecule has 1 N–H and O–H groups in total. The molecule has 0 unspecified atom stereocenters. The van der Waals surface area contributed by atoms with Crippen molar-refractivity contribution in [2.24, 2.45) is 0 Å². The van der Waals surface area contributed by atoms with E-state index in [9.17, 15) is 17.6 Å². The number of halogens is 2. The predicted molar refractivity (Wildman–Crippen MR) is 132 cm³/mol. The first-order chi connectivity index (χ1) is 17.2. The van der Waals surface area contributed by atoms with Crippen molar-refractivity contribution >= 4 is 39.0 Å². The summed E-state index contributed by atoms with van der Waals surface area (Å²) in [5.74, 6) is -1.05. The van der Waals surface area contributed by atoms with Gasteiger partial charge in [0.2, 0.25) is 10.0 Å². The standard InChI is InChI=1S/C23H21ClFN7O3S/c1-30-8-10-31(11-9-30)36(34,35)19-5-3-15(12-17(19)25)16-2-4-18(26-13-16)23(33)28-21-14-32-22(27-21)7-6-20(24)29-32/h2-7,12-14H,8-11H2,1H3,(H,28,33). The number of hydrogen-bond acceptors (Lipinski definition) is 7. The summed E-state index contributed by atoms with van der Waals surface area (Å²) in [6, 6.07) is 10.3. The number of sulfonamides is 1. The highest BCUT2D eigenvalue weighted by molar-refractivity contribution is 7.89. The summed E-state index contributed by atoms with van der Waals surface area (Å²) in [4.78, 5) is 22.7. The van der Waals surface area contributed by atoms with Crippen molar-refractivity contribution in [3.8, 4) is 11.1 Å². The number of aromatic nitrogens is 4. The molecule has 186 valence electrons. The number of nitrogens with one attached hydrogen (secondary N) is 1. The van der Waals surface area contributed by atoms with Gasteiger partial charge in [0.15, 0.2) is 11.5 Å². The molecule has 0 radical (unpaired) electrons. The fourth-order valence-electron chi connectivity index (χ4n) is 3.86. The molecule has 1 amide bonds. The second-order valence-electron chi connectivity index (χ2n) is 8.32. The molecule has 3 aromatic heterocycles. The van der Waals surface area contributed by atoms with Gasteiger partial charge in [0.05, 0.1) is 6.20 Å². The summed E-state index contributed by atoms with van der Waals surface area (Å²) >= 11 is 5.86. The van der Waals surface area contributed by atoms with E-state index < -0.39 is 21.7 Å². The summed E-state index contributed by atoms with van der Waals surface area (Å²) in [6.07, 6.45) is 2.94. The summed E-state index contributed by atoms with van der Waals surface area (Å²) in [7, 11) is -2.02. The first-order valence-electron chi connectivity index (χ1n) is 11.0. The van der Waals surface area contributed by atoms with Gasteiger partial charge in [-0.15, -0.1) is 0 Å². The largest absolute Gasteiger partial charge is 0.304 e. The summed E-state index contributed by atoms with van der Waals surface area (Å²) < 4.78 is 43.4. The van der Waals surface area contributed by atoms with Gasteiger partial charge in [-0.1, -0.05) is 23.7 Å². The lowest BCUT2D eigenvalue weighted by atomic mass is 10.1. The molecular formula is C23H21ClFN7O3S. The monoisotopic (exact) mass is 529 g/mol. The van der Waals surface area contributed by atoms with Crippen LogP contribution in [0.2, 0.25) is 5.15 Å². The molecular weight excluding hydrogens is 509 g/mol. The first kappa shape index (κ1) is 24.3. The molecule has 0 aliphatic carbocycles. The number of nitrogens with zero attached hydrogens (tertiary/aromatic N) is 6. The summed E-state index contributed by atoms with van der Waals surface area (Å²) in [5, 5.41) is 6.99. The quantitative estimate of drug-likeness (QED) is 0.423. The van der Waals surface area contributed by atoms with Crippen molar-refractivity contribution in [2.75, 3.05) is 38.5 Å². The molecule has 1 saturated heterocycles. The average molecular weight is 530 g/mol. The Morgan fingerprint density at radius 2 is 1.81 bits per heavy atom. The molecule has 1 aromatic carbocycles. The second kappa shape index (κ2) is 9.54. The SMILES string of the molecule is CN1CCN(S(=O)(=O)c2ccc(-c3ccc(C(=O)Nc4cn5nc(Cl)ccc5n4)nc3)cc2F)CC1. The van der Waals surface area contributed by atoms with E-state index >= 15 is 0 Å². The highest BCUT2D eigenvalue weighted by Crippen LogP contribution is 2.26. The molecule has 1 fully saturated rings. The van der Waals surface area contributed by atoms with Gasteiger partial charge in [0.25, 0.3) is 5.91 Å². The molecule has 0 spiro atoms. The molecule has 0 saturated carbocycles. The minimum absolute atomic E-state index is 0.122. The summed E-state index contributed by atoms with van der Waals surface area (Å²) in [6.45, 7) is 1.80. The lowest BCUT2D eigenvalue weighted by Gasteiger charge is -2.31. The highest BCUT2D eigenvalue weighted by atomic mass is 35.5. The van der Waals surface area contributed by atoms with Crippen molar-refractivity contribution < 1.29 is 17.6 Å². The maximum absolute atomic E-state index is 14.9. The maximum atomic E-state index is 14.9. The molecule has 10 nitrogen and oxygen atoms in total. The zero-order chi connectivity index (χ0) is 25.4. The topological polar surface area (TPSA) is 113 Å². The van der Waals surface area contributed by atoms with E-state index in [0.29, 0.717) is 43.0 Å². The van der Waals surface area contributed by atoms with Crippen LogP contribution in [-0.2, 0) is 10.0 Å². The van der Waals surface area contributed by atoms with E-state index in [-0.39, 0.29) is 21.6 Å². The third kappa shape index (κ3) is 4.80. The number of carbonyl (C=O) groups is 1. The molecule has 1 aliphatic heterocycles. The number of hydrogen-bond donors (Lipinski definition) is 1. The van der Waals surface area contributed by atoms with Gasteiger partial charge < -0.3 is 10.2 Å². The number of carbonyl (C=O) groups excluding carboxylic acids is 1. The van der Waals surface area contributed by atoms with Crippen LogP contribution in [0.1, 0.15) is 10.5 Å². The average Bonchev–Trinajstić information content (AvgIpc) is 3.25. The van der Waals surface area contributed by atoms with Gasteiger partial charge in [-0.05, 0) is 42.9 Å². The predicted octanol–water partition coefficient (Wildman–Crippen LogP) is 2.77. The van der Waals surface area contributed by atoms with Gasteiger partial charge in [0, 0.05) is 37.9 Å². The zero-order valence-electron chi connectivity index (χ0n) is 19.1. The van der Waals surface area contributed by atoms with Crippen LogP contribution in [0.4, 0.5) is 10.2 Å². The lowest BCUT2D eigenvalue weighted by Crippen LogP contribution is -2.47. The van der Waals surface area contributed by atoms with E-state index in [4.69, 9.17) is 11.6 Å². The van der Waals surface area contributed by atoms with E-state index in [2.05, 4.69) is 20.4 Å². The van der Waals surface area contributed by atoms with Crippen LogP contribution >= 0.6 is 11.6 Å². The number of fused-ring (bicyclic) bond motifs is 1. The Morgan fingerprint density at radius 1 is 1.06 bits per heavy atom. The minimum atomic E-state index is -3.93. The van der Waals surface area contributed by atoms with E-state index in [1.54, 1.807) is 18.2 Å². The number of pyridine rings is 1. The van der Waals surface area contributed by atoms with E-state index in [0.717, 1.165) is 6.07 Å². The first-order valence-corrected chi connectivity index (χ1v) is 12.8. The van der Waals surface area contributed by atoms with Crippen molar-refractivity contribution in [2.45, 2.75) is 4.90 Å². The normalized spacial score (nSPS) is 15.3. The molecule has 0 bridgehead atoms. The number of anilines is 1. The maximum Gasteiger partial charge on any atom is 0.275 e. The van der Waals surface area contributed by atoms with Crippen molar-refractivity contribution in [1.82, 2.24) is 28.8 Å². The Balaban J connectivity index is 1.31. The summed E-state index contributed by atoms with van der Waals surface area (Å²) in [5.41, 5.74) is 1.60. The van der Waals surface area contributed by atoms with E-state index in [1.807, 2.05) is 11.9 Å². The van der Waals surface area contributed by atoms with Crippen molar-refractivity contribution in [1.29, 1.82) is 0 Å². The Hall–Kier alpha value is -3.45. The number of piperazine rings is 1. The van der Waals surface area contributed by atoms with Crippen LogP contribution in [0.25, 0.3) is 16.8 Å². The third-order valence-corrected chi connectivity index (χ3v) is 8.00. The molecule has 13 heteroatoms. The molecule has 0 atom stereocenters. The number of imidazole rings is 1. The molecule has 4 aromatic rings. The van der Waals surface area contributed by atoms with Gasteiger partial charge in [0.1, 0.15) is 21.6 Å². The Bertz CT molecular complexity index is 1550. The Labute approximate surface area is 211 Å². The minimum Gasteiger partial charge on any atom is -0.304 e. The fourth-order valence-corrected chi connectivity index (χ4v) is 5.47. The van der Waals surface area contributed by atoms with Crippen LogP contribution in [0.5, 0.6) is 0 Å². The van der Waals surface area contributed by atoms with Gasteiger partial charge in [-0.2, -0.15) is 9.40 Å². The van der Waals surface area contributed by atoms with Crippen LogP contribution in [-0.4, -0.2) is 76.3 Å². The van der Waals surface area contributed by atoms with Gasteiger partial charge in [-0.25, -0.2) is 22.3 Å². The number of amides is 1. The highest BCUT2D eigenvalue weighted by Gasteiger charge is 2.30. The third-order valence-electron chi connectivity index (χ3n) is 5.87. The molecule has 36 heavy (non-hydrogen) atoms. The molecule has 4 heterocycles. The van der Waals surface area contributed by atoms with Crippen LogP contribution < -0.4 is 5.32 Å². The number of likely N-dealkylation sites (N-methyl/N-ethyl adjacent to an activating group) is 1. The van der Waals surface area contributed by atoms with Gasteiger partial charge in [-0.3, -0.25) is 9.78 Å². The second-order valence-corrected chi connectivity index (χ2v) is 10.6. The van der Waals surface area contributed by atoms with E-state index in [1.165, 1.54) is 39.4 Å². The Kier molecular flexibility index (Phi) is 6.43. The van der Waals surface area contributed by atoms with Crippen LogP contribution in [0.15, 0.2) is 59.8 Å². The molecule has 5 rings (SSSR count). The smallest absolute Gasteiger partial charge is 0.275 e. The number of rotatable bonds is 5.